The van der Waals surface area contributed by atoms with E-state index in [-0.39, 0.29) is 10.6 Å². The summed E-state index contributed by atoms with van der Waals surface area (Å²) in [6.45, 7) is -0.519. The fourth-order valence-electron chi connectivity index (χ4n) is 2.82. The molecule has 0 bridgehead atoms. The fourth-order valence-corrected chi connectivity index (χ4v) is 3.49. The standard InChI is InChI=1S/C21H18N2O6S/c1-30(28,29)18-7-3-5-15(11-18)14-4-2-6-16(10-14)21(27)22-17-8-9-19(24)23(12-17)13-20(25)26/h2-12H,13H2,1H3,(H,22,27)(H,25,26). The first-order chi connectivity index (χ1) is 14.1. The molecule has 9 heteroatoms. The zero-order chi connectivity index (χ0) is 21.9. The van der Waals surface area contributed by atoms with E-state index >= 15 is 0 Å². The summed E-state index contributed by atoms with van der Waals surface area (Å²) in [4.78, 5) is 35.4. The molecule has 30 heavy (non-hydrogen) atoms. The van der Waals surface area contributed by atoms with Gasteiger partial charge in [-0.1, -0.05) is 24.3 Å². The molecule has 0 saturated carbocycles. The number of nitrogens with zero attached hydrogens (tertiary/aromatic N) is 1. The molecule has 0 saturated heterocycles. The molecular weight excluding hydrogens is 408 g/mol. The van der Waals surface area contributed by atoms with Crippen LogP contribution >= 0.6 is 0 Å². The summed E-state index contributed by atoms with van der Waals surface area (Å²) < 4.78 is 24.6. The molecule has 0 spiro atoms. The molecule has 0 atom stereocenters. The number of benzene rings is 2. The second-order valence-electron chi connectivity index (χ2n) is 6.61. The molecule has 8 nitrogen and oxygen atoms in total. The monoisotopic (exact) mass is 426 g/mol. The molecule has 3 aromatic rings. The van der Waals surface area contributed by atoms with Gasteiger partial charge < -0.3 is 15.0 Å². The van der Waals surface area contributed by atoms with Crippen molar-refractivity contribution < 1.29 is 23.1 Å². The molecule has 2 N–H and O–H groups in total. The van der Waals surface area contributed by atoms with E-state index < -0.39 is 33.8 Å². The maximum absolute atomic E-state index is 12.6. The second-order valence-corrected chi connectivity index (χ2v) is 8.63. The number of aromatic nitrogens is 1. The highest BCUT2D eigenvalue weighted by Gasteiger charge is 2.12. The molecule has 2 aromatic carbocycles. The van der Waals surface area contributed by atoms with E-state index in [4.69, 9.17) is 5.11 Å². The van der Waals surface area contributed by atoms with Crippen LogP contribution in [0.1, 0.15) is 10.4 Å². The second kappa shape index (κ2) is 8.34. The van der Waals surface area contributed by atoms with Crippen molar-refractivity contribution in [3.8, 4) is 11.1 Å². The highest BCUT2D eigenvalue weighted by molar-refractivity contribution is 7.90. The van der Waals surface area contributed by atoms with Crippen LogP contribution in [0, 0.1) is 0 Å². The van der Waals surface area contributed by atoms with Crippen LogP contribution in [-0.4, -0.2) is 36.2 Å². The SMILES string of the molecule is CS(=O)(=O)c1cccc(-c2cccc(C(=O)Nc3ccc(=O)n(CC(=O)O)c3)c2)c1. The number of pyridine rings is 1. The van der Waals surface area contributed by atoms with Crippen molar-refractivity contribution in [2.24, 2.45) is 0 Å². The number of hydrogen-bond donors (Lipinski definition) is 2. The lowest BCUT2D eigenvalue weighted by atomic mass is 10.0. The van der Waals surface area contributed by atoms with E-state index in [9.17, 15) is 22.8 Å². The average Bonchev–Trinajstić information content (AvgIpc) is 2.70. The maximum Gasteiger partial charge on any atom is 0.323 e. The first-order valence-electron chi connectivity index (χ1n) is 8.78. The van der Waals surface area contributed by atoms with Crippen LogP contribution in [0.15, 0.2) is 76.6 Å². The third-order valence-corrected chi connectivity index (χ3v) is 5.38. The number of sulfone groups is 1. The Morgan fingerprint density at radius 3 is 2.33 bits per heavy atom. The normalized spacial score (nSPS) is 11.1. The summed E-state index contributed by atoms with van der Waals surface area (Å²) in [6.07, 6.45) is 2.38. The lowest BCUT2D eigenvalue weighted by Gasteiger charge is -2.10. The van der Waals surface area contributed by atoms with Crippen LogP contribution in [0.4, 0.5) is 5.69 Å². The Bertz CT molecular complexity index is 1290. The van der Waals surface area contributed by atoms with E-state index in [1.165, 1.54) is 30.5 Å². The van der Waals surface area contributed by atoms with Gasteiger partial charge in [0.15, 0.2) is 9.84 Å². The number of rotatable bonds is 6. The number of carbonyl (C=O) groups is 2. The molecule has 0 aliphatic carbocycles. The van der Waals surface area contributed by atoms with Crippen LogP contribution in [0.25, 0.3) is 11.1 Å². The minimum atomic E-state index is -3.37. The van der Waals surface area contributed by atoms with Gasteiger partial charge in [-0.15, -0.1) is 0 Å². The maximum atomic E-state index is 12.6. The Morgan fingerprint density at radius 2 is 1.67 bits per heavy atom. The van der Waals surface area contributed by atoms with Crippen molar-refractivity contribution in [2.75, 3.05) is 11.6 Å². The molecule has 0 unspecified atom stereocenters. The summed E-state index contributed by atoms with van der Waals surface area (Å²) in [5.74, 6) is -1.64. The average molecular weight is 426 g/mol. The van der Waals surface area contributed by atoms with Gasteiger partial charge in [0, 0.05) is 24.1 Å². The van der Waals surface area contributed by atoms with E-state index in [0.717, 1.165) is 10.8 Å². The van der Waals surface area contributed by atoms with Crippen LogP contribution < -0.4 is 10.9 Å². The summed E-state index contributed by atoms with van der Waals surface area (Å²) >= 11 is 0. The first kappa shape index (κ1) is 21.0. The minimum Gasteiger partial charge on any atom is -0.480 e. The van der Waals surface area contributed by atoms with Gasteiger partial charge >= 0.3 is 5.97 Å². The fraction of sp³-hybridized carbons (Fsp3) is 0.0952. The topological polar surface area (TPSA) is 123 Å². The van der Waals surface area contributed by atoms with Gasteiger partial charge in [-0.2, -0.15) is 0 Å². The smallest absolute Gasteiger partial charge is 0.323 e. The first-order valence-corrected chi connectivity index (χ1v) is 10.7. The van der Waals surface area contributed by atoms with E-state index in [1.54, 1.807) is 36.4 Å². The van der Waals surface area contributed by atoms with E-state index in [2.05, 4.69) is 5.32 Å². The van der Waals surface area contributed by atoms with Gasteiger partial charge in [-0.25, -0.2) is 8.42 Å². The number of carbonyl (C=O) groups excluding carboxylic acids is 1. The van der Waals surface area contributed by atoms with Gasteiger partial charge in [0.05, 0.1) is 10.6 Å². The van der Waals surface area contributed by atoms with Crippen molar-refractivity contribution in [2.45, 2.75) is 11.4 Å². The van der Waals surface area contributed by atoms with Crippen molar-refractivity contribution >= 4 is 27.4 Å². The Balaban J connectivity index is 1.87. The highest BCUT2D eigenvalue weighted by atomic mass is 32.2. The molecule has 0 aliphatic heterocycles. The van der Waals surface area contributed by atoms with Gasteiger partial charge in [0.25, 0.3) is 11.5 Å². The van der Waals surface area contributed by atoms with Crippen LogP contribution in [0.3, 0.4) is 0 Å². The van der Waals surface area contributed by atoms with Crippen molar-refractivity contribution in [3.63, 3.8) is 0 Å². The number of carboxylic acid groups (broad SMARTS) is 1. The van der Waals surface area contributed by atoms with Gasteiger partial charge in [-0.05, 0) is 41.5 Å². The largest absolute Gasteiger partial charge is 0.480 e. The predicted octanol–water partition coefficient (Wildman–Crippen LogP) is 2.26. The molecule has 0 fully saturated rings. The molecule has 1 amide bonds. The van der Waals surface area contributed by atoms with Gasteiger partial charge in [0.1, 0.15) is 6.54 Å². The predicted molar refractivity (Wildman–Crippen MR) is 111 cm³/mol. The zero-order valence-corrected chi connectivity index (χ0v) is 16.7. The number of hydrogen-bond acceptors (Lipinski definition) is 5. The van der Waals surface area contributed by atoms with Gasteiger partial charge in [-0.3, -0.25) is 14.4 Å². The molecule has 1 aromatic heterocycles. The molecule has 0 aliphatic rings. The number of anilines is 1. The molecule has 3 rings (SSSR count). The zero-order valence-electron chi connectivity index (χ0n) is 15.9. The molecule has 154 valence electrons. The molecular formula is C21H18N2O6S. The number of aliphatic carboxylic acids is 1. The minimum absolute atomic E-state index is 0.176. The lowest BCUT2D eigenvalue weighted by Crippen LogP contribution is -2.24. The molecule has 0 radical (unpaired) electrons. The van der Waals surface area contributed by atoms with Crippen LogP contribution in [0.5, 0.6) is 0 Å². The van der Waals surface area contributed by atoms with E-state index in [0.29, 0.717) is 16.7 Å². The van der Waals surface area contributed by atoms with Crippen molar-refractivity contribution in [1.82, 2.24) is 4.57 Å². The third kappa shape index (κ3) is 5.00. The van der Waals surface area contributed by atoms with Gasteiger partial charge in [0.2, 0.25) is 0 Å². The molecule has 1 heterocycles. The van der Waals surface area contributed by atoms with E-state index in [1.807, 2.05) is 0 Å². The Morgan fingerprint density at radius 1 is 1.00 bits per heavy atom. The number of carboxylic acids is 1. The van der Waals surface area contributed by atoms with Crippen LogP contribution in [0.2, 0.25) is 0 Å². The third-order valence-electron chi connectivity index (χ3n) is 4.27. The Kier molecular flexibility index (Phi) is 5.84. The quantitative estimate of drug-likeness (QED) is 0.623. The highest BCUT2D eigenvalue weighted by Crippen LogP contribution is 2.24. The van der Waals surface area contributed by atoms with Crippen molar-refractivity contribution in [1.29, 1.82) is 0 Å². The Hall–Kier alpha value is -3.72. The number of amides is 1. The van der Waals surface area contributed by atoms with Crippen LogP contribution in [-0.2, 0) is 21.2 Å². The Labute approximate surface area is 172 Å². The summed E-state index contributed by atoms with van der Waals surface area (Å²) in [5, 5.41) is 11.5. The summed E-state index contributed by atoms with van der Waals surface area (Å²) in [5.41, 5.74) is 1.38. The summed E-state index contributed by atoms with van der Waals surface area (Å²) in [7, 11) is -3.37. The lowest BCUT2D eigenvalue weighted by molar-refractivity contribution is -0.137. The summed E-state index contributed by atoms with van der Waals surface area (Å²) in [6, 6.07) is 15.6. The number of nitrogens with one attached hydrogen (secondary N) is 1. The van der Waals surface area contributed by atoms with Crippen molar-refractivity contribution in [3.05, 3.63) is 82.8 Å².